The first-order valence-corrected chi connectivity index (χ1v) is 24.4. The van der Waals surface area contributed by atoms with E-state index in [1.165, 1.54) is 138 Å². The van der Waals surface area contributed by atoms with Crippen LogP contribution >= 0.6 is 31.9 Å². The lowest BCUT2D eigenvalue weighted by Gasteiger charge is -2.25. The normalized spacial score (nSPS) is 14.0. The highest BCUT2D eigenvalue weighted by Crippen LogP contribution is 2.47. The average Bonchev–Trinajstić information content (AvgIpc) is 3.35. The number of hydrogen-bond acceptors (Lipinski definition) is 2. The van der Waals surface area contributed by atoms with Crippen molar-refractivity contribution in [3.05, 3.63) is 194 Å². The van der Waals surface area contributed by atoms with Crippen LogP contribution in [-0.2, 0) is 38.5 Å². The van der Waals surface area contributed by atoms with Gasteiger partial charge in [0, 0.05) is 8.95 Å². The Morgan fingerprint density at radius 2 is 0.625 bits per heavy atom. The summed E-state index contributed by atoms with van der Waals surface area (Å²) in [5, 5.41) is 28.8. The number of aryl methyl sites for hydroxylation is 3. The predicted octanol–water partition coefficient (Wildman–Crippen LogP) is 15.5. The molecule has 0 saturated heterocycles. The van der Waals surface area contributed by atoms with Crippen molar-refractivity contribution in [2.75, 3.05) is 0 Å². The van der Waals surface area contributed by atoms with Gasteiger partial charge < -0.3 is 10.0 Å². The molecule has 0 saturated carbocycles. The quantitative estimate of drug-likeness (QED) is 0.137. The van der Waals surface area contributed by atoms with Gasteiger partial charge in [-0.15, -0.1) is 0 Å². The van der Waals surface area contributed by atoms with Crippen molar-refractivity contribution in [3.63, 3.8) is 0 Å². The Kier molecular flexibility index (Phi) is 13.5. The van der Waals surface area contributed by atoms with Crippen LogP contribution in [-0.4, -0.2) is 17.2 Å². The Balaban J connectivity index is 0.000000143. The fourth-order valence-corrected chi connectivity index (χ4v) is 12.2. The summed E-state index contributed by atoms with van der Waals surface area (Å²) in [7, 11) is -1.31. The van der Waals surface area contributed by atoms with Gasteiger partial charge in [-0.3, -0.25) is 0 Å². The molecule has 3 aliphatic rings. The Morgan fingerprint density at radius 1 is 0.328 bits per heavy atom. The van der Waals surface area contributed by atoms with E-state index in [1.807, 2.05) is 6.07 Å². The highest BCUT2D eigenvalue weighted by molar-refractivity contribution is 9.11. The number of halogens is 2. The van der Waals surface area contributed by atoms with Gasteiger partial charge >= 0.3 is 7.12 Å². The van der Waals surface area contributed by atoms with Gasteiger partial charge in [0.05, 0.1) is 0 Å². The second kappa shape index (κ2) is 19.6. The maximum atomic E-state index is 9.14. The van der Waals surface area contributed by atoms with Crippen molar-refractivity contribution < 1.29 is 10.0 Å². The van der Waals surface area contributed by atoms with Crippen molar-refractivity contribution in [3.8, 4) is 22.3 Å². The van der Waals surface area contributed by atoms with Crippen LogP contribution in [0.4, 0.5) is 0 Å². The molecule has 0 radical (unpaired) electrons. The smallest absolute Gasteiger partial charge is 0.423 e. The fraction of sp³-hybridized carbons (Fsp3) is 0.220. The summed E-state index contributed by atoms with van der Waals surface area (Å²) >= 11 is 7.39. The third kappa shape index (κ3) is 8.37. The van der Waals surface area contributed by atoms with Crippen LogP contribution in [0.15, 0.2) is 161 Å². The van der Waals surface area contributed by atoms with Crippen molar-refractivity contribution in [2.24, 2.45) is 0 Å². The van der Waals surface area contributed by atoms with E-state index in [-0.39, 0.29) is 7.43 Å². The van der Waals surface area contributed by atoms with E-state index in [0.29, 0.717) is 5.46 Å². The van der Waals surface area contributed by atoms with E-state index in [0.717, 1.165) is 24.8 Å². The van der Waals surface area contributed by atoms with Gasteiger partial charge in [0.2, 0.25) is 0 Å². The van der Waals surface area contributed by atoms with Gasteiger partial charge in [0.1, 0.15) is 0 Å². The third-order valence-corrected chi connectivity index (χ3v) is 15.5. The minimum Gasteiger partial charge on any atom is -0.423 e. The minimum atomic E-state index is -1.31. The van der Waals surface area contributed by atoms with Crippen LogP contribution < -0.4 is 5.46 Å². The van der Waals surface area contributed by atoms with Crippen molar-refractivity contribution >= 4 is 87.5 Å². The van der Waals surface area contributed by atoms with E-state index in [2.05, 4.69) is 171 Å². The summed E-state index contributed by atoms with van der Waals surface area (Å²) in [5.41, 5.74) is 15.2. The van der Waals surface area contributed by atoms with Crippen molar-refractivity contribution in [2.45, 2.75) is 84.5 Å². The summed E-state index contributed by atoms with van der Waals surface area (Å²) in [5.74, 6) is 0. The molecule has 2 N–H and O–H groups in total. The third-order valence-electron chi connectivity index (χ3n) is 13.8. The predicted molar refractivity (Wildman–Crippen MR) is 282 cm³/mol. The molecule has 0 unspecified atom stereocenters. The topological polar surface area (TPSA) is 40.5 Å². The van der Waals surface area contributed by atoms with Gasteiger partial charge in [0.25, 0.3) is 0 Å². The monoisotopic (exact) mass is 964 g/mol. The number of fused-ring (bicyclic) bond motifs is 7. The lowest BCUT2D eigenvalue weighted by molar-refractivity contribution is 0.425. The molecule has 9 aromatic rings. The van der Waals surface area contributed by atoms with Crippen molar-refractivity contribution in [1.29, 1.82) is 0 Å². The lowest BCUT2D eigenvalue weighted by Crippen LogP contribution is -2.34. The van der Waals surface area contributed by atoms with Crippen LogP contribution in [0.25, 0.3) is 65.3 Å². The SMILES string of the molecule is Brc1c2ccccc2c(Br)c2ccccc12.C.OB(O)c1cccc2c1CCCC2.c1cc2c(c(-c3c4ccccc4c(-c4cccc5c4CCCC5)c4ccccc34)c1)CCCC2. The minimum absolute atomic E-state index is 0. The van der Waals surface area contributed by atoms with Crippen LogP contribution in [0.3, 0.4) is 0 Å². The van der Waals surface area contributed by atoms with Crippen LogP contribution in [0.2, 0.25) is 0 Å². The lowest BCUT2D eigenvalue weighted by atomic mass is 9.72. The van der Waals surface area contributed by atoms with Gasteiger partial charge in [-0.2, -0.15) is 0 Å². The standard InChI is InChI=1S/C34H30.C14H8Br2.C10H13BO2.CH4/c1-3-15-25-23(11-1)13-9-21-27(25)33-29-17-5-7-19-31(29)34(32-20-8-6-18-30(32)33)28-22-10-14-24-12-2-4-16-26(24)28;15-13-9-5-1-2-6-10(9)14(16)12-8-4-3-7-11(12)13;12-11(13)10-7-3-5-8-4-1-2-6-9(8)10;/h5-10,13-14,17-22H,1-4,11-12,15-16H2;1-8H;3,5,7,12-13H,1-2,4,6H2;1H4. The first-order valence-electron chi connectivity index (χ1n) is 22.8. The van der Waals surface area contributed by atoms with Gasteiger partial charge in [-0.25, -0.2) is 0 Å². The molecule has 320 valence electrons. The second-order valence-electron chi connectivity index (χ2n) is 17.4. The molecule has 0 atom stereocenters. The van der Waals surface area contributed by atoms with Gasteiger partial charge in [-0.1, -0.05) is 159 Å². The largest absolute Gasteiger partial charge is 0.488 e. The van der Waals surface area contributed by atoms with Gasteiger partial charge in [0.15, 0.2) is 0 Å². The summed E-state index contributed by atoms with van der Waals surface area (Å²) in [4.78, 5) is 0. The highest BCUT2D eigenvalue weighted by Gasteiger charge is 2.23. The molecule has 0 spiro atoms. The first-order chi connectivity index (χ1) is 31.0. The van der Waals surface area contributed by atoms with Crippen molar-refractivity contribution in [1.82, 2.24) is 0 Å². The molecule has 64 heavy (non-hydrogen) atoms. The Labute approximate surface area is 395 Å². The summed E-state index contributed by atoms with van der Waals surface area (Å²) in [6.45, 7) is 0. The van der Waals surface area contributed by atoms with E-state index < -0.39 is 7.12 Å². The molecule has 5 heteroatoms. The first kappa shape index (κ1) is 44.2. The maximum Gasteiger partial charge on any atom is 0.488 e. The summed E-state index contributed by atoms with van der Waals surface area (Å²) in [6, 6.07) is 54.9. The molecular weight excluding hydrogens is 911 g/mol. The second-order valence-corrected chi connectivity index (χ2v) is 19.0. The van der Waals surface area contributed by atoms with E-state index >= 15 is 0 Å². The Morgan fingerprint density at radius 3 is 0.984 bits per heavy atom. The molecule has 0 aliphatic heterocycles. The van der Waals surface area contributed by atoms with E-state index in [4.69, 9.17) is 10.0 Å². The molecule has 2 nitrogen and oxygen atoms in total. The van der Waals surface area contributed by atoms with Crippen LogP contribution in [0.1, 0.15) is 79.3 Å². The molecule has 9 aromatic carbocycles. The zero-order chi connectivity index (χ0) is 42.9. The molecular formula is C59H55BBr2O2. The zero-order valence-corrected chi connectivity index (χ0v) is 38.8. The Bertz CT molecular complexity index is 2860. The number of benzene rings is 9. The molecule has 12 rings (SSSR count). The average molecular weight is 967 g/mol. The molecule has 0 bridgehead atoms. The molecule has 0 aromatic heterocycles. The summed E-state index contributed by atoms with van der Waals surface area (Å²) in [6.07, 6.45) is 14.5. The van der Waals surface area contributed by atoms with Gasteiger partial charge in [-0.05, 0) is 213 Å². The highest BCUT2D eigenvalue weighted by atomic mass is 79.9. The van der Waals surface area contributed by atoms with E-state index in [9.17, 15) is 0 Å². The van der Waals surface area contributed by atoms with Crippen LogP contribution in [0.5, 0.6) is 0 Å². The fourth-order valence-electron chi connectivity index (χ4n) is 10.8. The van der Waals surface area contributed by atoms with Crippen LogP contribution in [0, 0.1) is 0 Å². The summed E-state index contributed by atoms with van der Waals surface area (Å²) < 4.78 is 2.34. The zero-order valence-electron chi connectivity index (χ0n) is 35.6. The number of rotatable bonds is 3. The molecule has 0 heterocycles. The Hall–Kier alpha value is -5.04. The number of hydrogen-bond donors (Lipinski definition) is 2. The molecule has 0 fully saturated rings. The van der Waals surface area contributed by atoms with E-state index in [1.54, 1.807) is 28.3 Å². The maximum absolute atomic E-state index is 9.14. The molecule has 3 aliphatic carbocycles. The molecule has 0 amide bonds.